The number of hydrazone groups is 1. The van der Waals surface area contributed by atoms with Crippen molar-refractivity contribution < 1.29 is 13.9 Å². The van der Waals surface area contributed by atoms with E-state index in [2.05, 4.69) is 25.7 Å². The number of furan rings is 1. The zero-order chi connectivity index (χ0) is 19.1. The number of rotatable bonds is 8. The fourth-order valence-corrected chi connectivity index (χ4v) is 2.92. The van der Waals surface area contributed by atoms with Gasteiger partial charge in [0, 0.05) is 16.7 Å². The van der Waals surface area contributed by atoms with E-state index >= 15 is 0 Å². The van der Waals surface area contributed by atoms with Crippen LogP contribution in [0.5, 0.6) is 5.95 Å². The number of benzene rings is 1. The summed E-state index contributed by atoms with van der Waals surface area (Å²) in [6, 6.07) is 9.04. The Morgan fingerprint density at radius 2 is 2.33 bits per heavy atom. The largest absolute Gasteiger partial charge is 0.460 e. The van der Waals surface area contributed by atoms with Crippen LogP contribution in [0, 0.1) is 6.92 Å². The molecule has 140 valence electrons. The third kappa shape index (κ3) is 5.60. The molecule has 0 aliphatic rings. The SMILES string of the molecule is Cc1cccc(Cl)c1COc1ccc(/C=N\NC(=O)CSc2ncn[nH]2)o1. The van der Waals surface area contributed by atoms with E-state index in [-0.39, 0.29) is 11.7 Å². The minimum Gasteiger partial charge on any atom is -0.460 e. The van der Waals surface area contributed by atoms with Gasteiger partial charge in [-0.05, 0) is 24.6 Å². The molecule has 1 amide bonds. The number of aromatic nitrogens is 3. The molecule has 8 nitrogen and oxygen atoms in total. The maximum atomic E-state index is 11.7. The van der Waals surface area contributed by atoms with Gasteiger partial charge in [-0.15, -0.1) is 0 Å². The number of H-pyrrole nitrogens is 1. The fourth-order valence-electron chi connectivity index (χ4n) is 2.07. The Bertz CT molecular complexity index is 906. The van der Waals surface area contributed by atoms with Crippen molar-refractivity contribution in [2.24, 2.45) is 5.10 Å². The molecule has 0 bridgehead atoms. The molecule has 0 fully saturated rings. The quantitative estimate of drug-likeness (QED) is 0.338. The maximum absolute atomic E-state index is 11.7. The van der Waals surface area contributed by atoms with E-state index < -0.39 is 0 Å². The highest BCUT2D eigenvalue weighted by Gasteiger charge is 2.07. The van der Waals surface area contributed by atoms with E-state index in [0.29, 0.717) is 28.5 Å². The summed E-state index contributed by atoms with van der Waals surface area (Å²) in [4.78, 5) is 15.6. The molecule has 2 N–H and O–H groups in total. The van der Waals surface area contributed by atoms with Crippen molar-refractivity contribution in [2.75, 3.05) is 5.75 Å². The Morgan fingerprint density at radius 1 is 1.44 bits per heavy atom. The number of hydrogen-bond donors (Lipinski definition) is 2. The summed E-state index contributed by atoms with van der Waals surface area (Å²) < 4.78 is 11.1. The van der Waals surface area contributed by atoms with E-state index in [1.165, 1.54) is 24.3 Å². The normalized spacial score (nSPS) is 11.0. The van der Waals surface area contributed by atoms with Gasteiger partial charge in [0.25, 0.3) is 11.9 Å². The lowest BCUT2D eigenvalue weighted by atomic mass is 10.1. The number of ether oxygens (including phenoxy) is 1. The standard InChI is InChI=1S/C17H16ClN5O3S/c1-11-3-2-4-14(18)13(11)8-25-16-6-5-12(26-16)7-20-22-15(24)9-27-17-19-10-21-23-17/h2-7,10H,8-9H2,1H3,(H,22,24)(H,19,21,23)/b20-7-. The Hall–Kier alpha value is -2.78. The van der Waals surface area contributed by atoms with E-state index in [4.69, 9.17) is 20.8 Å². The van der Waals surface area contributed by atoms with E-state index in [1.807, 2.05) is 25.1 Å². The van der Waals surface area contributed by atoms with E-state index in [1.54, 1.807) is 12.1 Å². The second kappa shape index (κ2) is 9.24. The van der Waals surface area contributed by atoms with Crippen molar-refractivity contribution in [1.29, 1.82) is 0 Å². The van der Waals surface area contributed by atoms with Gasteiger partial charge in [0.2, 0.25) is 0 Å². The zero-order valence-electron chi connectivity index (χ0n) is 14.3. The molecule has 27 heavy (non-hydrogen) atoms. The molecule has 2 aromatic heterocycles. The Balaban J connectivity index is 1.46. The maximum Gasteiger partial charge on any atom is 0.285 e. The highest BCUT2D eigenvalue weighted by Crippen LogP contribution is 2.22. The minimum atomic E-state index is -0.273. The third-order valence-electron chi connectivity index (χ3n) is 3.43. The van der Waals surface area contributed by atoms with Crippen LogP contribution in [0.1, 0.15) is 16.9 Å². The Labute approximate surface area is 164 Å². The van der Waals surface area contributed by atoms with Crippen molar-refractivity contribution in [3.05, 3.63) is 58.6 Å². The summed E-state index contributed by atoms with van der Waals surface area (Å²) >= 11 is 7.40. The number of carbonyl (C=O) groups excluding carboxylic acids is 1. The molecular formula is C17H16ClN5O3S. The van der Waals surface area contributed by atoms with Crippen LogP contribution in [0.3, 0.4) is 0 Å². The van der Waals surface area contributed by atoms with Gasteiger partial charge in [0.15, 0.2) is 10.9 Å². The lowest BCUT2D eigenvalue weighted by Crippen LogP contribution is -2.19. The molecule has 1 aromatic carbocycles. The van der Waals surface area contributed by atoms with E-state index in [0.717, 1.165) is 11.1 Å². The summed E-state index contributed by atoms with van der Waals surface area (Å²) in [5.41, 5.74) is 4.35. The first-order valence-corrected chi connectivity index (χ1v) is 9.25. The molecule has 0 radical (unpaired) electrons. The number of halogens is 1. The van der Waals surface area contributed by atoms with Gasteiger partial charge in [-0.3, -0.25) is 9.89 Å². The average molecular weight is 406 g/mol. The summed E-state index contributed by atoms with van der Waals surface area (Å²) in [5.74, 6) is 0.674. The molecule has 2 heterocycles. The first-order chi connectivity index (χ1) is 13.1. The zero-order valence-corrected chi connectivity index (χ0v) is 15.9. The van der Waals surface area contributed by atoms with Gasteiger partial charge in [0.05, 0.1) is 12.0 Å². The summed E-state index contributed by atoms with van der Waals surface area (Å²) in [6.45, 7) is 2.26. The molecule has 0 aliphatic carbocycles. The highest BCUT2D eigenvalue weighted by atomic mass is 35.5. The summed E-state index contributed by atoms with van der Waals surface area (Å²) in [7, 11) is 0. The van der Waals surface area contributed by atoms with Crippen LogP contribution in [0.15, 0.2) is 51.3 Å². The van der Waals surface area contributed by atoms with Crippen LogP contribution in [-0.4, -0.2) is 33.1 Å². The van der Waals surface area contributed by atoms with Crippen LogP contribution in [0.4, 0.5) is 0 Å². The van der Waals surface area contributed by atoms with Crippen LogP contribution in [-0.2, 0) is 11.4 Å². The monoisotopic (exact) mass is 405 g/mol. The summed E-state index contributed by atoms with van der Waals surface area (Å²) in [5, 5.41) is 11.4. The Morgan fingerprint density at radius 3 is 3.11 bits per heavy atom. The van der Waals surface area contributed by atoms with Gasteiger partial charge in [0.1, 0.15) is 12.9 Å². The number of nitrogens with zero attached hydrogens (tertiary/aromatic N) is 3. The van der Waals surface area contributed by atoms with Gasteiger partial charge < -0.3 is 9.15 Å². The van der Waals surface area contributed by atoms with Gasteiger partial charge >= 0.3 is 0 Å². The molecule has 10 heteroatoms. The molecule has 0 saturated carbocycles. The number of aromatic amines is 1. The van der Waals surface area contributed by atoms with Crippen molar-refractivity contribution in [3.63, 3.8) is 0 Å². The molecule has 0 spiro atoms. The number of hydrogen-bond acceptors (Lipinski definition) is 7. The predicted molar refractivity (Wildman–Crippen MR) is 102 cm³/mol. The highest BCUT2D eigenvalue weighted by molar-refractivity contribution is 7.99. The van der Waals surface area contributed by atoms with Crippen LogP contribution >= 0.6 is 23.4 Å². The van der Waals surface area contributed by atoms with Crippen LogP contribution in [0.2, 0.25) is 5.02 Å². The van der Waals surface area contributed by atoms with Gasteiger partial charge in [-0.2, -0.15) is 10.2 Å². The van der Waals surface area contributed by atoms with E-state index in [9.17, 15) is 4.79 Å². The number of amides is 1. The Kier molecular flexibility index (Phi) is 6.50. The molecule has 0 saturated heterocycles. The number of thioether (sulfide) groups is 1. The number of carbonyl (C=O) groups is 1. The second-order valence-corrected chi connectivity index (χ2v) is 6.72. The fraction of sp³-hybridized carbons (Fsp3) is 0.176. The lowest BCUT2D eigenvalue weighted by molar-refractivity contribution is -0.118. The predicted octanol–water partition coefficient (Wildman–Crippen LogP) is 3.18. The topological polar surface area (TPSA) is 105 Å². The van der Waals surface area contributed by atoms with Crippen LogP contribution in [0.25, 0.3) is 0 Å². The van der Waals surface area contributed by atoms with Crippen molar-refractivity contribution in [3.8, 4) is 5.95 Å². The average Bonchev–Trinajstić information content (AvgIpc) is 3.31. The first kappa shape index (κ1) is 19.0. The minimum absolute atomic E-state index is 0.163. The summed E-state index contributed by atoms with van der Waals surface area (Å²) in [6.07, 6.45) is 2.77. The van der Waals surface area contributed by atoms with Crippen molar-refractivity contribution in [1.82, 2.24) is 20.6 Å². The van der Waals surface area contributed by atoms with Gasteiger partial charge in [-0.1, -0.05) is 35.5 Å². The third-order valence-corrected chi connectivity index (χ3v) is 4.66. The number of nitrogens with one attached hydrogen (secondary N) is 2. The molecular weight excluding hydrogens is 390 g/mol. The van der Waals surface area contributed by atoms with Crippen molar-refractivity contribution in [2.45, 2.75) is 18.7 Å². The molecule has 0 atom stereocenters. The van der Waals surface area contributed by atoms with Crippen LogP contribution < -0.4 is 10.2 Å². The van der Waals surface area contributed by atoms with Gasteiger partial charge in [-0.25, -0.2) is 10.4 Å². The molecule has 0 aliphatic heterocycles. The smallest absolute Gasteiger partial charge is 0.285 e. The first-order valence-electron chi connectivity index (χ1n) is 7.88. The lowest BCUT2D eigenvalue weighted by Gasteiger charge is -2.08. The van der Waals surface area contributed by atoms with Crippen molar-refractivity contribution >= 4 is 35.5 Å². The second-order valence-electron chi connectivity index (χ2n) is 5.35. The molecule has 0 unspecified atom stereocenters. The number of aryl methyl sites for hydroxylation is 1. The molecule has 3 aromatic rings. The molecule has 3 rings (SSSR count).